The van der Waals surface area contributed by atoms with Crippen molar-refractivity contribution in [3.05, 3.63) is 57.9 Å². The van der Waals surface area contributed by atoms with Crippen LogP contribution in [-0.4, -0.2) is 33.4 Å². The van der Waals surface area contributed by atoms with E-state index < -0.39 is 4.92 Å². The Morgan fingerprint density at radius 3 is 2.88 bits per heavy atom. The van der Waals surface area contributed by atoms with E-state index in [-0.39, 0.29) is 24.2 Å². The third kappa shape index (κ3) is 2.97. The summed E-state index contributed by atoms with van der Waals surface area (Å²) in [6.07, 6.45) is 2.02. The van der Waals surface area contributed by atoms with Gasteiger partial charge in [0.15, 0.2) is 6.61 Å². The highest BCUT2D eigenvalue weighted by molar-refractivity contribution is 5.78. The van der Waals surface area contributed by atoms with Gasteiger partial charge in [-0.05, 0) is 38.1 Å². The average molecular weight is 329 g/mol. The van der Waals surface area contributed by atoms with Crippen molar-refractivity contribution in [1.82, 2.24) is 9.47 Å². The SMILES string of the molecule is Cc1cc(OCC(=O)N2CCn3cccc3C2C)ccc1[N+](=O)[O-]. The lowest BCUT2D eigenvalue weighted by atomic mass is 10.1. The molecule has 0 saturated heterocycles. The summed E-state index contributed by atoms with van der Waals surface area (Å²) in [5, 5.41) is 10.8. The Morgan fingerprint density at radius 2 is 2.17 bits per heavy atom. The summed E-state index contributed by atoms with van der Waals surface area (Å²) in [6, 6.07) is 8.49. The van der Waals surface area contributed by atoms with Crippen LogP contribution in [0, 0.1) is 17.0 Å². The minimum Gasteiger partial charge on any atom is -0.484 e. The number of ether oxygens (including phenoxy) is 1. The summed E-state index contributed by atoms with van der Waals surface area (Å²) >= 11 is 0. The maximum atomic E-state index is 12.5. The molecule has 1 amide bonds. The second kappa shape index (κ2) is 6.35. The van der Waals surface area contributed by atoms with Gasteiger partial charge in [-0.25, -0.2) is 0 Å². The molecule has 1 aliphatic heterocycles. The van der Waals surface area contributed by atoms with Gasteiger partial charge in [-0.15, -0.1) is 0 Å². The van der Waals surface area contributed by atoms with Gasteiger partial charge in [0.05, 0.1) is 11.0 Å². The van der Waals surface area contributed by atoms with Crippen LogP contribution < -0.4 is 4.74 Å². The van der Waals surface area contributed by atoms with Gasteiger partial charge in [-0.3, -0.25) is 14.9 Å². The topological polar surface area (TPSA) is 77.6 Å². The molecule has 0 bridgehead atoms. The zero-order valence-electron chi connectivity index (χ0n) is 13.6. The number of nitro groups is 1. The second-order valence-corrected chi connectivity index (χ2v) is 5.88. The molecule has 1 unspecified atom stereocenters. The van der Waals surface area contributed by atoms with Gasteiger partial charge in [0.1, 0.15) is 5.75 Å². The van der Waals surface area contributed by atoms with E-state index >= 15 is 0 Å². The van der Waals surface area contributed by atoms with Crippen molar-refractivity contribution in [3.63, 3.8) is 0 Å². The Hall–Kier alpha value is -2.83. The Morgan fingerprint density at radius 1 is 1.38 bits per heavy atom. The Balaban J connectivity index is 1.64. The zero-order chi connectivity index (χ0) is 17.3. The van der Waals surface area contributed by atoms with Crippen molar-refractivity contribution < 1.29 is 14.5 Å². The Labute approximate surface area is 139 Å². The summed E-state index contributed by atoms with van der Waals surface area (Å²) in [5.41, 5.74) is 1.66. The normalized spacial score (nSPS) is 16.6. The standard InChI is InChI=1S/C17H19N3O4/c1-12-10-14(5-6-15(12)20(22)23)24-11-17(21)19-9-8-18-7-3-4-16(18)13(19)2/h3-7,10,13H,8-9,11H2,1-2H3. The molecule has 1 aromatic carbocycles. The molecule has 2 aromatic rings. The van der Waals surface area contributed by atoms with E-state index in [1.54, 1.807) is 17.9 Å². The molecule has 0 N–H and O–H groups in total. The van der Waals surface area contributed by atoms with Gasteiger partial charge >= 0.3 is 0 Å². The molecule has 1 aromatic heterocycles. The fourth-order valence-electron chi connectivity index (χ4n) is 3.07. The summed E-state index contributed by atoms with van der Waals surface area (Å²) in [7, 11) is 0. The van der Waals surface area contributed by atoms with Crippen LogP contribution in [0.1, 0.15) is 24.2 Å². The number of nitro benzene ring substituents is 1. The van der Waals surface area contributed by atoms with E-state index in [9.17, 15) is 14.9 Å². The first-order valence-corrected chi connectivity index (χ1v) is 7.79. The van der Waals surface area contributed by atoms with E-state index in [1.165, 1.54) is 12.1 Å². The highest BCUT2D eigenvalue weighted by atomic mass is 16.6. The highest BCUT2D eigenvalue weighted by Crippen LogP contribution is 2.26. The van der Waals surface area contributed by atoms with Gasteiger partial charge in [0.2, 0.25) is 0 Å². The van der Waals surface area contributed by atoms with E-state index in [2.05, 4.69) is 4.57 Å². The number of hydrogen-bond donors (Lipinski definition) is 0. The third-order valence-corrected chi connectivity index (χ3v) is 4.39. The molecule has 3 rings (SSSR count). The predicted molar refractivity (Wildman–Crippen MR) is 87.9 cm³/mol. The molecule has 0 aliphatic carbocycles. The minimum atomic E-state index is -0.436. The van der Waals surface area contributed by atoms with Gasteiger partial charge in [0, 0.05) is 36.6 Å². The molecule has 0 saturated carbocycles. The van der Waals surface area contributed by atoms with Crippen LogP contribution in [0.25, 0.3) is 0 Å². The largest absolute Gasteiger partial charge is 0.484 e. The fourth-order valence-corrected chi connectivity index (χ4v) is 3.07. The van der Waals surface area contributed by atoms with Crippen molar-refractivity contribution in [2.45, 2.75) is 26.4 Å². The monoisotopic (exact) mass is 329 g/mol. The highest BCUT2D eigenvalue weighted by Gasteiger charge is 2.27. The first-order valence-electron chi connectivity index (χ1n) is 7.79. The van der Waals surface area contributed by atoms with Crippen molar-refractivity contribution in [1.29, 1.82) is 0 Å². The van der Waals surface area contributed by atoms with E-state index in [0.717, 1.165) is 12.2 Å². The maximum Gasteiger partial charge on any atom is 0.272 e. The van der Waals surface area contributed by atoms with Crippen LogP contribution in [0.3, 0.4) is 0 Å². The number of nitrogens with zero attached hydrogens (tertiary/aromatic N) is 3. The molecule has 2 heterocycles. The molecule has 0 radical (unpaired) electrons. The first-order chi connectivity index (χ1) is 11.5. The van der Waals surface area contributed by atoms with Crippen LogP contribution >= 0.6 is 0 Å². The molecule has 0 fully saturated rings. The lowest BCUT2D eigenvalue weighted by Gasteiger charge is -2.34. The number of rotatable bonds is 4. The van der Waals surface area contributed by atoms with E-state index in [4.69, 9.17) is 4.74 Å². The number of benzene rings is 1. The molecule has 7 nitrogen and oxygen atoms in total. The number of fused-ring (bicyclic) bond motifs is 1. The van der Waals surface area contributed by atoms with Crippen molar-refractivity contribution >= 4 is 11.6 Å². The quantitative estimate of drug-likeness (QED) is 0.638. The van der Waals surface area contributed by atoms with Gasteiger partial charge in [0.25, 0.3) is 11.6 Å². The summed E-state index contributed by atoms with van der Waals surface area (Å²) in [5.74, 6) is 0.366. The smallest absolute Gasteiger partial charge is 0.272 e. The van der Waals surface area contributed by atoms with E-state index in [1.807, 2.05) is 25.3 Å². The van der Waals surface area contributed by atoms with Crippen molar-refractivity contribution in [2.24, 2.45) is 0 Å². The lowest BCUT2D eigenvalue weighted by molar-refractivity contribution is -0.385. The Kier molecular flexibility index (Phi) is 4.24. The average Bonchev–Trinajstić information content (AvgIpc) is 3.02. The summed E-state index contributed by atoms with van der Waals surface area (Å²) in [6.45, 7) is 4.98. The number of aryl methyl sites for hydroxylation is 1. The zero-order valence-corrected chi connectivity index (χ0v) is 13.6. The predicted octanol–water partition coefficient (Wildman–Crippen LogP) is 2.69. The lowest BCUT2D eigenvalue weighted by Crippen LogP contribution is -2.42. The molecule has 1 atom stereocenters. The van der Waals surface area contributed by atoms with Crippen LogP contribution in [0.2, 0.25) is 0 Å². The molecule has 24 heavy (non-hydrogen) atoms. The minimum absolute atomic E-state index is 0.00319. The Bertz CT molecular complexity index is 784. The maximum absolute atomic E-state index is 12.5. The number of aromatic nitrogens is 1. The summed E-state index contributed by atoms with van der Waals surface area (Å²) < 4.78 is 7.68. The van der Waals surface area contributed by atoms with Gasteiger partial charge < -0.3 is 14.2 Å². The van der Waals surface area contributed by atoms with E-state index in [0.29, 0.717) is 17.9 Å². The van der Waals surface area contributed by atoms with Crippen LogP contribution in [0.5, 0.6) is 5.75 Å². The molecule has 126 valence electrons. The first kappa shape index (κ1) is 16.0. The van der Waals surface area contributed by atoms with Crippen molar-refractivity contribution in [2.75, 3.05) is 13.2 Å². The molecule has 1 aliphatic rings. The van der Waals surface area contributed by atoms with Crippen LogP contribution in [-0.2, 0) is 11.3 Å². The second-order valence-electron chi connectivity index (χ2n) is 5.88. The van der Waals surface area contributed by atoms with Gasteiger partial charge in [-0.2, -0.15) is 0 Å². The van der Waals surface area contributed by atoms with Crippen molar-refractivity contribution in [3.8, 4) is 5.75 Å². The number of hydrogen-bond acceptors (Lipinski definition) is 4. The number of carbonyl (C=O) groups excluding carboxylic acids is 1. The number of amides is 1. The van der Waals surface area contributed by atoms with Gasteiger partial charge in [-0.1, -0.05) is 0 Å². The molecular weight excluding hydrogens is 310 g/mol. The number of carbonyl (C=O) groups is 1. The third-order valence-electron chi connectivity index (χ3n) is 4.39. The van der Waals surface area contributed by atoms with Crippen LogP contribution in [0.15, 0.2) is 36.5 Å². The summed E-state index contributed by atoms with van der Waals surface area (Å²) in [4.78, 5) is 24.6. The molecule has 7 heteroatoms. The molecular formula is C17H19N3O4. The fraction of sp³-hybridized carbons (Fsp3) is 0.353. The van der Waals surface area contributed by atoms with Crippen LogP contribution in [0.4, 0.5) is 5.69 Å². The molecule has 0 spiro atoms.